The van der Waals surface area contributed by atoms with Crippen LogP contribution in [0.2, 0.25) is 0 Å². The maximum Gasteiger partial charge on any atom is 0.328 e. The Balaban J connectivity index is 1.81. The fourth-order valence-electron chi connectivity index (χ4n) is 4.02. The number of benzene rings is 1. The molecule has 1 aromatic carbocycles. The summed E-state index contributed by atoms with van der Waals surface area (Å²) in [7, 11) is 0. The lowest BCUT2D eigenvalue weighted by Gasteiger charge is -2.29. The highest BCUT2D eigenvalue weighted by atomic mass is 16.5. The number of aromatic nitrogens is 2. The summed E-state index contributed by atoms with van der Waals surface area (Å²) in [5.74, 6) is 1.24. The molecule has 1 aromatic heterocycles. The average molecular weight is 418 g/mol. The van der Waals surface area contributed by atoms with E-state index in [4.69, 9.17) is 9.47 Å². The van der Waals surface area contributed by atoms with Crippen molar-refractivity contribution in [2.75, 3.05) is 13.2 Å². The molecule has 0 unspecified atom stereocenters. The molecule has 0 radical (unpaired) electrons. The molecule has 3 rings (SSSR count). The van der Waals surface area contributed by atoms with E-state index >= 15 is 0 Å². The van der Waals surface area contributed by atoms with Crippen LogP contribution in [0.4, 0.5) is 0 Å². The Morgan fingerprint density at radius 2 is 1.80 bits per heavy atom. The Morgan fingerprint density at radius 3 is 2.47 bits per heavy atom. The molecule has 0 bridgehead atoms. The van der Waals surface area contributed by atoms with Crippen molar-refractivity contribution in [2.45, 2.75) is 65.5 Å². The van der Waals surface area contributed by atoms with Crippen molar-refractivity contribution in [3.05, 3.63) is 33.0 Å². The molecular weight excluding hydrogens is 386 g/mol. The lowest BCUT2D eigenvalue weighted by molar-refractivity contribution is -0.122. The fourth-order valence-corrected chi connectivity index (χ4v) is 4.02. The van der Waals surface area contributed by atoms with E-state index in [1.54, 1.807) is 12.1 Å². The predicted octanol–water partition coefficient (Wildman–Crippen LogP) is 2.57. The Kier molecular flexibility index (Phi) is 7.18. The van der Waals surface area contributed by atoms with E-state index in [1.807, 2.05) is 13.8 Å². The summed E-state index contributed by atoms with van der Waals surface area (Å²) in [6, 6.07) is 3.36. The number of ether oxygens (including phenoxy) is 2. The normalized spacial score (nSPS) is 18.9. The number of rotatable bonds is 8. The Hall–Kier alpha value is -2.77. The smallest absolute Gasteiger partial charge is 0.328 e. The molecule has 1 heterocycles. The third-order valence-electron chi connectivity index (χ3n) is 5.67. The van der Waals surface area contributed by atoms with Gasteiger partial charge in [0.05, 0.1) is 24.1 Å². The lowest BCUT2D eigenvalue weighted by atomic mass is 9.86. The van der Waals surface area contributed by atoms with Gasteiger partial charge in [0.25, 0.3) is 5.56 Å². The van der Waals surface area contributed by atoms with Crippen LogP contribution in [-0.2, 0) is 11.3 Å². The van der Waals surface area contributed by atoms with Gasteiger partial charge in [0.1, 0.15) is 0 Å². The number of nitrogens with zero attached hydrogens (tertiary/aromatic N) is 1. The van der Waals surface area contributed by atoms with Crippen LogP contribution in [0.5, 0.6) is 11.5 Å². The van der Waals surface area contributed by atoms with Gasteiger partial charge in [0, 0.05) is 25.1 Å². The van der Waals surface area contributed by atoms with Crippen LogP contribution in [0.25, 0.3) is 10.9 Å². The highest BCUT2D eigenvalue weighted by Gasteiger charge is 2.23. The third-order valence-corrected chi connectivity index (χ3v) is 5.67. The summed E-state index contributed by atoms with van der Waals surface area (Å²) in [5, 5.41) is 3.38. The van der Waals surface area contributed by atoms with Crippen molar-refractivity contribution < 1.29 is 14.3 Å². The number of hydrogen-bond acceptors (Lipinski definition) is 5. The molecule has 0 aliphatic heterocycles. The number of hydrogen-bond donors (Lipinski definition) is 2. The van der Waals surface area contributed by atoms with Crippen LogP contribution < -0.4 is 26.0 Å². The Labute approximate surface area is 175 Å². The minimum atomic E-state index is -0.544. The number of fused-ring (bicyclic) bond motifs is 1. The minimum Gasteiger partial charge on any atom is -0.490 e. The highest BCUT2D eigenvalue weighted by Crippen LogP contribution is 2.30. The van der Waals surface area contributed by atoms with Crippen molar-refractivity contribution >= 4 is 16.8 Å². The van der Waals surface area contributed by atoms with Crippen LogP contribution in [0, 0.1) is 5.92 Å². The molecule has 1 amide bonds. The van der Waals surface area contributed by atoms with Crippen molar-refractivity contribution in [3.63, 3.8) is 0 Å². The van der Waals surface area contributed by atoms with Gasteiger partial charge in [-0.1, -0.05) is 19.8 Å². The second kappa shape index (κ2) is 9.82. The van der Waals surface area contributed by atoms with Gasteiger partial charge in [-0.3, -0.25) is 14.2 Å². The number of carbonyl (C=O) groups is 1. The van der Waals surface area contributed by atoms with Crippen molar-refractivity contribution in [2.24, 2.45) is 5.92 Å². The molecule has 0 saturated heterocycles. The summed E-state index contributed by atoms with van der Waals surface area (Å²) >= 11 is 0. The number of aromatic amines is 1. The third kappa shape index (κ3) is 4.86. The first kappa shape index (κ1) is 21.9. The van der Waals surface area contributed by atoms with Crippen LogP contribution in [0.3, 0.4) is 0 Å². The molecule has 2 N–H and O–H groups in total. The fraction of sp³-hybridized carbons (Fsp3) is 0.591. The zero-order chi connectivity index (χ0) is 21.7. The first-order valence-electron chi connectivity index (χ1n) is 10.8. The van der Waals surface area contributed by atoms with Gasteiger partial charge in [0.2, 0.25) is 5.91 Å². The number of H-pyrrole nitrogens is 1. The molecular formula is C22H31N3O5. The van der Waals surface area contributed by atoms with Crippen LogP contribution >= 0.6 is 0 Å². The number of carbonyl (C=O) groups excluding carboxylic acids is 1. The topological polar surface area (TPSA) is 102 Å². The summed E-state index contributed by atoms with van der Waals surface area (Å²) < 4.78 is 12.2. The number of amides is 1. The second-order valence-electron chi connectivity index (χ2n) is 7.78. The zero-order valence-corrected chi connectivity index (χ0v) is 18.0. The van der Waals surface area contributed by atoms with E-state index in [0.717, 1.165) is 23.8 Å². The first-order chi connectivity index (χ1) is 14.4. The lowest BCUT2D eigenvalue weighted by Crippen LogP contribution is -2.42. The van der Waals surface area contributed by atoms with Crippen molar-refractivity contribution in [1.82, 2.24) is 14.9 Å². The van der Waals surface area contributed by atoms with Gasteiger partial charge in [-0.25, -0.2) is 4.79 Å². The van der Waals surface area contributed by atoms with Gasteiger partial charge in [-0.05, 0) is 38.7 Å². The molecule has 1 fully saturated rings. The molecule has 8 heteroatoms. The van der Waals surface area contributed by atoms with Crippen LogP contribution in [0.15, 0.2) is 21.7 Å². The minimum absolute atomic E-state index is 0.0220. The number of nitrogens with one attached hydrogen (secondary N) is 2. The van der Waals surface area contributed by atoms with E-state index in [9.17, 15) is 14.4 Å². The summed E-state index contributed by atoms with van der Waals surface area (Å²) in [4.78, 5) is 40.6. The maximum atomic E-state index is 12.9. The van der Waals surface area contributed by atoms with Gasteiger partial charge in [0.15, 0.2) is 11.5 Å². The molecule has 1 saturated carbocycles. The molecule has 1 aliphatic carbocycles. The van der Waals surface area contributed by atoms with E-state index in [0.29, 0.717) is 41.5 Å². The van der Waals surface area contributed by atoms with Gasteiger partial charge < -0.3 is 19.8 Å². The largest absolute Gasteiger partial charge is 0.490 e. The van der Waals surface area contributed by atoms with Crippen LogP contribution in [-0.4, -0.2) is 34.7 Å². The van der Waals surface area contributed by atoms with Gasteiger partial charge >= 0.3 is 5.69 Å². The van der Waals surface area contributed by atoms with Gasteiger partial charge in [-0.15, -0.1) is 0 Å². The Morgan fingerprint density at radius 1 is 1.13 bits per heavy atom. The summed E-state index contributed by atoms with van der Waals surface area (Å²) in [6.07, 6.45) is 4.48. The predicted molar refractivity (Wildman–Crippen MR) is 115 cm³/mol. The Bertz CT molecular complexity index is 1010. The molecule has 2 aromatic rings. The molecule has 30 heavy (non-hydrogen) atoms. The molecule has 2 atom stereocenters. The summed E-state index contributed by atoms with van der Waals surface area (Å²) in [5.41, 5.74) is -0.608. The SMILES string of the molecule is CCOc1cc2[nH]c(=O)n(CCC(=O)N[C@H]3CCCC[C@H]3C)c(=O)c2cc1OCC. The van der Waals surface area contributed by atoms with E-state index < -0.39 is 11.2 Å². The monoisotopic (exact) mass is 417 g/mol. The quantitative estimate of drug-likeness (QED) is 0.687. The average Bonchev–Trinajstić information content (AvgIpc) is 2.71. The van der Waals surface area contributed by atoms with E-state index in [-0.39, 0.29) is 24.9 Å². The summed E-state index contributed by atoms with van der Waals surface area (Å²) in [6.45, 7) is 6.71. The standard InChI is InChI=1S/C22H31N3O5/c1-4-29-18-12-15-17(13-19(18)30-5-2)24-22(28)25(21(15)27)11-10-20(26)23-16-9-7-6-8-14(16)3/h12-14,16H,4-11H2,1-3H3,(H,23,26)(H,24,28)/t14-,16+/m1/s1. The molecule has 164 valence electrons. The maximum absolute atomic E-state index is 12.9. The molecule has 0 spiro atoms. The zero-order valence-electron chi connectivity index (χ0n) is 18.0. The van der Waals surface area contributed by atoms with Crippen molar-refractivity contribution in [3.8, 4) is 11.5 Å². The van der Waals surface area contributed by atoms with Gasteiger partial charge in [-0.2, -0.15) is 0 Å². The van der Waals surface area contributed by atoms with E-state index in [1.165, 1.54) is 6.42 Å². The highest BCUT2D eigenvalue weighted by molar-refractivity contribution is 5.81. The second-order valence-corrected chi connectivity index (χ2v) is 7.78. The molecule has 8 nitrogen and oxygen atoms in total. The first-order valence-corrected chi connectivity index (χ1v) is 10.8. The van der Waals surface area contributed by atoms with Crippen LogP contribution in [0.1, 0.15) is 52.9 Å². The molecule has 1 aliphatic rings. The van der Waals surface area contributed by atoms with Crippen molar-refractivity contribution in [1.29, 1.82) is 0 Å². The van der Waals surface area contributed by atoms with E-state index in [2.05, 4.69) is 17.2 Å².